The fourth-order valence-electron chi connectivity index (χ4n) is 2.09. The van der Waals surface area contributed by atoms with E-state index < -0.39 is 11.6 Å². The van der Waals surface area contributed by atoms with E-state index in [1.807, 2.05) is 24.4 Å². The minimum absolute atomic E-state index is 0.274. The third kappa shape index (κ3) is 3.29. The van der Waals surface area contributed by atoms with Crippen LogP contribution in [0.5, 0.6) is 0 Å². The summed E-state index contributed by atoms with van der Waals surface area (Å²) in [5, 5.41) is 4.23. The van der Waals surface area contributed by atoms with Crippen LogP contribution < -0.4 is 0 Å². The summed E-state index contributed by atoms with van der Waals surface area (Å²) in [6.07, 6.45) is 3.60. The molecule has 0 aliphatic carbocycles. The van der Waals surface area contributed by atoms with E-state index in [1.54, 1.807) is 10.9 Å². The van der Waals surface area contributed by atoms with Crippen molar-refractivity contribution < 1.29 is 8.78 Å². The van der Waals surface area contributed by atoms with E-state index in [4.69, 9.17) is 0 Å². The van der Waals surface area contributed by atoms with Crippen LogP contribution in [0.4, 0.5) is 8.78 Å². The average molecular weight is 396 g/mol. The maximum atomic E-state index is 13.6. The number of nitrogens with zero attached hydrogens (tertiary/aromatic N) is 2. The maximum absolute atomic E-state index is 13.6. The van der Waals surface area contributed by atoms with Crippen LogP contribution in [0.1, 0.15) is 5.56 Å². The van der Waals surface area contributed by atoms with Crippen molar-refractivity contribution in [1.29, 1.82) is 0 Å². The zero-order chi connectivity index (χ0) is 14.8. The fourth-order valence-corrected chi connectivity index (χ4v) is 2.63. The monoisotopic (exact) mass is 396 g/mol. The van der Waals surface area contributed by atoms with Gasteiger partial charge in [0.1, 0.15) is 11.6 Å². The molecule has 0 spiro atoms. The van der Waals surface area contributed by atoms with Crippen molar-refractivity contribution in [3.05, 3.63) is 75.6 Å². The van der Waals surface area contributed by atoms with E-state index in [0.29, 0.717) is 5.56 Å². The zero-order valence-electron chi connectivity index (χ0n) is 10.9. The van der Waals surface area contributed by atoms with Gasteiger partial charge >= 0.3 is 0 Å². The molecule has 1 aromatic heterocycles. The van der Waals surface area contributed by atoms with E-state index in [1.165, 1.54) is 12.1 Å². The first-order valence-electron chi connectivity index (χ1n) is 6.34. The Bertz CT molecular complexity index is 783. The van der Waals surface area contributed by atoms with Crippen LogP contribution in [-0.4, -0.2) is 9.78 Å². The van der Waals surface area contributed by atoms with E-state index in [9.17, 15) is 8.78 Å². The van der Waals surface area contributed by atoms with E-state index in [0.717, 1.165) is 20.8 Å². The predicted molar refractivity (Wildman–Crippen MR) is 85.8 cm³/mol. The smallest absolute Gasteiger partial charge is 0.131 e. The molecule has 3 aromatic rings. The highest BCUT2D eigenvalue weighted by Crippen LogP contribution is 2.21. The van der Waals surface area contributed by atoms with Crippen LogP contribution in [0, 0.1) is 15.2 Å². The van der Waals surface area contributed by atoms with Crippen LogP contribution >= 0.6 is 22.6 Å². The molecule has 0 atom stereocenters. The van der Waals surface area contributed by atoms with Crippen molar-refractivity contribution in [3.8, 4) is 11.1 Å². The summed E-state index contributed by atoms with van der Waals surface area (Å²) in [7, 11) is 0. The molecule has 3 rings (SSSR count). The van der Waals surface area contributed by atoms with E-state index in [2.05, 4.69) is 33.8 Å². The number of hydrogen-bond donors (Lipinski definition) is 0. The topological polar surface area (TPSA) is 17.8 Å². The molecule has 0 saturated heterocycles. The summed E-state index contributed by atoms with van der Waals surface area (Å²) in [4.78, 5) is 0. The van der Waals surface area contributed by atoms with Crippen LogP contribution in [-0.2, 0) is 6.54 Å². The summed E-state index contributed by atoms with van der Waals surface area (Å²) in [6.45, 7) is 0.274. The van der Waals surface area contributed by atoms with E-state index >= 15 is 0 Å². The second-order valence-electron chi connectivity index (χ2n) is 4.67. The lowest BCUT2D eigenvalue weighted by molar-refractivity contribution is 0.558. The van der Waals surface area contributed by atoms with Gasteiger partial charge in [0.05, 0.1) is 12.7 Å². The van der Waals surface area contributed by atoms with Crippen molar-refractivity contribution in [2.24, 2.45) is 0 Å². The Morgan fingerprint density at radius 2 is 1.90 bits per heavy atom. The van der Waals surface area contributed by atoms with Crippen molar-refractivity contribution >= 4 is 22.6 Å². The lowest BCUT2D eigenvalue weighted by Gasteiger charge is -2.03. The average Bonchev–Trinajstić information content (AvgIpc) is 2.91. The molecule has 0 fully saturated rings. The normalized spacial score (nSPS) is 10.8. The third-order valence-electron chi connectivity index (χ3n) is 3.14. The first-order chi connectivity index (χ1) is 10.1. The SMILES string of the molecule is Fc1ccc(Cn2cc(-c3cccc(I)c3)cn2)c(F)c1. The van der Waals surface area contributed by atoms with Gasteiger partial charge in [-0.05, 0) is 46.4 Å². The standard InChI is InChI=1S/C16H11F2IN2/c17-14-5-4-12(16(18)7-14)9-21-10-13(8-20-21)11-2-1-3-15(19)6-11/h1-8,10H,9H2. The predicted octanol–water partition coefficient (Wildman–Crippen LogP) is 4.48. The number of rotatable bonds is 3. The zero-order valence-corrected chi connectivity index (χ0v) is 13.1. The van der Waals surface area contributed by atoms with Gasteiger partial charge in [0.15, 0.2) is 0 Å². The van der Waals surface area contributed by atoms with Gasteiger partial charge < -0.3 is 0 Å². The van der Waals surface area contributed by atoms with Crippen LogP contribution in [0.25, 0.3) is 11.1 Å². The molecule has 5 heteroatoms. The van der Waals surface area contributed by atoms with Crippen molar-refractivity contribution in [1.82, 2.24) is 9.78 Å². The highest BCUT2D eigenvalue weighted by atomic mass is 127. The lowest BCUT2D eigenvalue weighted by atomic mass is 10.1. The second kappa shape index (κ2) is 5.93. The molecule has 21 heavy (non-hydrogen) atoms. The molecule has 0 aliphatic heterocycles. The molecule has 0 saturated carbocycles. The molecule has 1 heterocycles. The molecule has 0 aliphatic rings. The van der Waals surface area contributed by atoms with Gasteiger partial charge in [0, 0.05) is 27.0 Å². The Labute approximate surface area is 134 Å². The first kappa shape index (κ1) is 14.2. The minimum Gasteiger partial charge on any atom is -0.268 e. The highest BCUT2D eigenvalue weighted by molar-refractivity contribution is 14.1. The Hall–Kier alpha value is -1.76. The van der Waals surface area contributed by atoms with Crippen LogP contribution in [0.3, 0.4) is 0 Å². The first-order valence-corrected chi connectivity index (χ1v) is 7.42. The van der Waals surface area contributed by atoms with Crippen molar-refractivity contribution in [2.75, 3.05) is 0 Å². The molecule has 0 bridgehead atoms. The Kier molecular flexibility index (Phi) is 4.01. The number of hydrogen-bond acceptors (Lipinski definition) is 1. The van der Waals surface area contributed by atoms with Gasteiger partial charge in [-0.1, -0.05) is 18.2 Å². The van der Waals surface area contributed by atoms with Crippen molar-refractivity contribution in [3.63, 3.8) is 0 Å². The molecule has 0 amide bonds. The van der Waals surface area contributed by atoms with Gasteiger partial charge in [-0.25, -0.2) is 8.78 Å². The molecular formula is C16H11F2IN2. The third-order valence-corrected chi connectivity index (χ3v) is 3.81. The van der Waals surface area contributed by atoms with Gasteiger partial charge in [-0.2, -0.15) is 5.10 Å². The Morgan fingerprint density at radius 3 is 2.67 bits per heavy atom. The Balaban J connectivity index is 1.85. The summed E-state index contributed by atoms with van der Waals surface area (Å²) in [6, 6.07) is 11.6. The molecule has 0 unspecified atom stereocenters. The van der Waals surface area contributed by atoms with Gasteiger partial charge in [-0.3, -0.25) is 4.68 Å². The fraction of sp³-hybridized carbons (Fsp3) is 0.0625. The number of halogens is 3. The summed E-state index contributed by atoms with van der Waals surface area (Å²) in [5.41, 5.74) is 2.44. The van der Waals surface area contributed by atoms with Gasteiger partial charge in [-0.15, -0.1) is 0 Å². The largest absolute Gasteiger partial charge is 0.268 e. The van der Waals surface area contributed by atoms with Crippen molar-refractivity contribution in [2.45, 2.75) is 6.54 Å². The molecule has 2 aromatic carbocycles. The summed E-state index contributed by atoms with van der Waals surface area (Å²) in [5.74, 6) is -1.13. The molecule has 0 radical (unpaired) electrons. The van der Waals surface area contributed by atoms with Gasteiger partial charge in [0.2, 0.25) is 0 Å². The highest BCUT2D eigenvalue weighted by Gasteiger charge is 2.07. The minimum atomic E-state index is -0.573. The van der Waals surface area contributed by atoms with Crippen LogP contribution in [0.2, 0.25) is 0 Å². The quantitative estimate of drug-likeness (QED) is 0.597. The number of benzene rings is 2. The lowest BCUT2D eigenvalue weighted by Crippen LogP contribution is -2.02. The molecular weight excluding hydrogens is 385 g/mol. The van der Waals surface area contributed by atoms with E-state index in [-0.39, 0.29) is 6.54 Å². The maximum Gasteiger partial charge on any atom is 0.131 e. The molecule has 2 nitrogen and oxygen atoms in total. The summed E-state index contributed by atoms with van der Waals surface area (Å²) < 4.78 is 29.3. The molecule has 106 valence electrons. The molecule has 0 N–H and O–H groups in total. The Morgan fingerprint density at radius 1 is 1.05 bits per heavy atom. The number of aromatic nitrogens is 2. The summed E-state index contributed by atoms with van der Waals surface area (Å²) >= 11 is 2.25. The second-order valence-corrected chi connectivity index (χ2v) is 5.92. The van der Waals surface area contributed by atoms with Crippen LogP contribution in [0.15, 0.2) is 54.9 Å². The van der Waals surface area contributed by atoms with Gasteiger partial charge in [0.25, 0.3) is 0 Å².